The van der Waals surface area contributed by atoms with Gasteiger partial charge in [0.1, 0.15) is 5.75 Å². The number of amides is 2. The number of phenolic OH excluding ortho intramolecular Hbond substituents is 1. The van der Waals surface area contributed by atoms with Gasteiger partial charge in [-0.05, 0) is 30.2 Å². The second-order valence-electron chi connectivity index (χ2n) is 4.82. The number of anilines is 1. The van der Waals surface area contributed by atoms with E-state index in [1.54, 1.807) is 30.3 Å². The Morgan fingerprint density at radius 2 is 1.68 bits per heavy atom. The lowest BCUT2D eigenvalue weighted by Crippen LogP contribution is -2.34. The summed E-state index contributed by atoms with van der Waals surface area (Å²) in [6.45, 7) is 2.13. The van der Waals surface area contributed by atoms with Crippen LogP contribution in [0.25, 0.3) is 0 Å². The zero-order valence-electron chi connectivity index (χ0n) is 12.3. The van der Waals surface area contributed by atoms with E-state index in [0.29, 0.717) is 11.3 Å². The second-order valence-corrected chi connectivity index (χ2v) is 4.82. The summed E-state index contributed by atoms with van der Waals surface area (Å²) in [5.74, 6) is -1.40. The monoisotopic (exact) mass is 298 g/mol. The molecule has 2 aromatic rings. The summed E-state index contributed by atoms with van der Waals surface area (Å²) in [6.07, 6.45) is 0.912. The number of phenols is 1. The van der Waals surface area contributed by atoms with Crippen LogP contribution in [-0.4, -0.2) is 16.9 Å². The number of nitrogens with one attached hydrogen (secondary N) is 2. The van der Waals surface area contributed by atoms with Crippen LogP contribution in [0, 0.1) is 0 Å². The van der Waals surface area contributed by atoms with Crippen LogP contribution in [-0.2, 0) is 22.6 Å². The molecule has 0 saturated carbocycles. The van der Waals surface area contributed by atoms with Crippen LogP contribution in [0.5, 0.6) is 5.75 Å². The number of carbonyl (C=O) groups excluding carboxylic acids is 2. The van der Waals surface area contributed by atoms with E-state index >= 15 is 0 Å². The summed E-state index contributed by atoms with van der Waals surface area (Å²) < 4.78 is 0. The molecule has 0 radical (unpaired) electrons. The third kappa shape index (κ3) is 4.09. The molecule has 0 atom stereocenters. The molecule has 5 nitrogen and oxygen atoms in total. The van der Waals surface area contributed by atoms with Gasteiger partial charge in [-0.2, -0.15) is 0 Å². The van der Waals surface area contributed by atoms with Crippen LogP contribution in [0.15, 0.2) is 48.5 Å². The van der Waals surface area contributed by atoms with Crippen molar-refractivity contribution in [1.29, 1.82) is 0 Å². The van der Waals surface area contributed by atoms with Gasteiger partial charge >= 0.3 is 11.8 Å². The molecular formula is C17H18N2O3. The van der Waals surface area contributed by atoms with Crippen LogP contribution in [0.4, 0.5) is 5.69 Å². The van der Waals surface area contributed by atoms with E-state index in [1.807, 2.05) is 19.1 Å². The maximum atomic E-state index is 11.8. The van der Waals surface area contributed by atoms with Crippen LogP contribution in [0.1, 0.15) is 18.1 Å². The highest BCUT2D eigenvalue weighted by Gasteiger charge is 2.13. The quantitative estimate of drug-likeness (QED) is 0.757. The summed E-state index contributed by atoms with van der Waals surface area (Å²) >= 11 is 0. The standard InChI is InChI=1S/C17H18N2O3/c1-2-12-7-9-14(10-8-12)19-17(22)16(21)18-11-13-5-3-4-6-15(13)20/h3-10,20H,2,11H2,1H3,(H,18,21)(H,19,22). The lowest BCUT2D eigenvalue weighted by Gasteiger charge is -2.08. The van der Waals surface area contributed by atoms with Crippen LogP contribution in [0.3, 0.4) is 0 Å². The fraction of sp³-hybridized carbons (Fsp3) is 0.176. The summed E-state index contributed by atoms with van der Waals surface area (Å²) in [4.78, 5) is 23.5. The zero-order valence-corrected chi connectivity index (χ0v) is 12.3. The topological polar surface area (TPSA) is 78.4 Å². The number of rotatable bonds is 4. The van der Waals surface area contributed by atoms with Crippen molar-refractivity contribution < 1.29 is 14.7 Å². The van der Waals surface area contributed by atoms with E-state index in [2.05, 4.69) is 10.6 Å². The van der Waals surface area contributed by atoms with Crippen molar-refractivity contribution in [3.05, 3.63) is 59.7 Å². The molecule has 3 N–H and O–H groups in total. The molecule has 0 spiro atoms. The second kappa shape index (κ2) is 7.26. The van der Waals surface area contributed by atoms with E-state index in [1.165, 1.54) is 6.07 Å². The van der Waals surface area contributed by atoms with Gasteiger partial charge in [0.25, 0.3) is 0 Å². The number of para-hydroxylation sites is 1. The third-order valence-corrected chi connectivity index (χ3v) is 3.26. The Hall–Kier alpha value is -2.82. The molecule has 0 fully saturated rings. The molecule has 2 rings (SSSR count). The van der Waals surface area contributed by atoms with E-state index in [0.717, 1.165) is 12.0 Å². The number of hydrogen-bond donors (Lipinski definition) is 3. The molecule has 0 heterocycles. The Balaban J connectivity index is 1.89. The Bertz CT molecular complexity index is 666. The smallest absolute Gasteiger partial charge is 0.313 e. The van der Waals surface area contributed by atoms with Crippen molar-refractivity contribution in [2.24, 2.45) is 0 Å². The maximum absolute atomic E-state index is 11.8. The minimum Gasteiger partial charge on any atom is -0.508 e. The fourth-order valence-electron chi connectivity index (χ4n) is 1.93. The van der Waals surface area contributed by atoms with Crippen molar-refractivity contribution in [1.82, 2.24) is 5.32 Å². The van der Waals surface area contributed by atoms with Crippen LogP contribution < -0.4 is 10.6 Å². The molecule has 22 heavy (non-hydrogen) atoms. The van der Waals surface area contributed by atoms with Crippen molar-refractivity contribution in [3.63, 3.8) is 0 Å². The Morgan fingerprint density at radius 1 is 1.00 bits per heavy atom. The summed E-state index contributed by atoms with van der Waals surface area (Å²) in [5.41, 5.74) is 2.28. The molecule has 0 bridgehead atoms. The Kier molecular flexibility index (Phi) is 5.14. The molecular weight excluding hydrogens is 280 g/mol. The third-order valence-electron chi connectivity index (χ3n) is 3.26. The van der Waals surface area contributed by atoms with Crippen molar-refractivity contribution in [2.75, 3.05) is 5.32 Å². The highest BCUT2D eigenvalue weighted by atomic mass is 16.3. The predicted octanol–water partition coefficient (Wildman–Crippen LogP) is 2.21. The first-order chi connectivity index (χ1) is 10.6. The van der Waals surface area contributed by atoms with Crippen molar-refractivity contribution >= 4 is 17.5 Å². The number of benzene rings is 2. The van der Waals surface area contributed by atoms with Gasteiger partial charge in [-0.3, -0.25) is 9.59 Å². The molecule has 2 amide bonds. The van der Waals surface area contributed by atoms with E-state index < -0.39 is 11.8 Å². The van der Waals surface area contributed by atoms with E-state index in [-0.39, 0.29) is 12.3 Å². The molecule has 0 aromatic heterocycles. The van der Waals surface area contributed by atoms with Gasteiger partial charge in [-0.25, -0.2) is 0 Å². The Morgan fingerprint density at radius 3 is 2.32 bits per heavy atom. The number of carbonyl (C=O) groups is 2. The van der Waals surface area contributed by atoms with Gasteiger partial charge in [0.2, 0.25) is 0 Å². The van der Waals surface area contributed by atoms with Crippen LogP contribution >= 0.6 is 0 Å². The van der Waals surface area contributed by atoms with Gasteiger partial charge in [0.05, 0.1) is 0 Å². The van der Waals surface area contributed by atoms with E-state index in [9.17, 15) is 14.7 Å². The van der Waals surface area contributed by atoms with Crippen LogP contribution in [0.2, 0.25) is 0 Å². The fourth-order valence-corrected chi connectivity index (χ4v) is 1.93. The van der Waals surface area contributed by atoms with Gasteiger partial charge in [0.15, 0.2) is 0 Å². The predicted molar refractivity (Wildman–Crippen MR) is 84.4 cm³/mol. The average Bonchev–Trinajstić information content (AvgIpc) is 2.54. The maximum Gasteiger partial charge on any atom is 0.313 e. The lowest BCUT2D eigenvalue weighted by atomic mass is 10.1. The average molecular weight is 298 g/mol. The highest BCUT2D eigenvalue weighted by Crippen LogP contribution is 2.15. The molecule has 0 saturated heterocycles. The van der Waals surface area contributed by atoms with Gasteiger partial charge in [-0.1, -0.05) is 37.3 Å². The first kappa shape index (κ1) is 15.6. The van der Waals surface area contributed by atoms with Gasteiger partial charge in [0, 0.05) is 17.8 Å². The van der Waals surface area contributed by atoms with Crippen molar-refractivity contribution in [3.8, 4) is 5.75 Å². The minimum absolute atomic E-state index is 0.0818. The summed E-state index contributed by atoms with van der Waals surface area (Å²) in [7, 11) is 0. The number of aryl methyl sites for hydroxylation is 1. The number of hydrogen-bond acceptors (Lipinski definition) is 3. The molecule has 114 valence electrons. The molecule has 0 aliphatic heterocycles. The zero-order chi connectivity index (χ0) is 15.9. The normalized spacial score (nSPS) is 10.0. The van der Waals surface area contributed by atoms with Gasteiger partial charge < -0.3 is 15.7 Å². The summed E-state index contributed by atoms with van der Waals surface area (Å²) in [6, 6.07) is 13.9. The molecule has 0 aliphatic rings. The SMILES string of the molecule is CCc1ccc(NC(=O)C(=O)NCc2ccccc2O)cc1. The van der Waals surface area contributed by atoms with Crippen molar-refractivity contribution in [2.45, 2.75) is 19.9 Å². The summed E-state index contributed by atoms with van der Waals surface area (Å²) in [5, 5.41) is 14.6. The minimum atomic E-state index is -0.747. The Labute approximate surface area is 129 Å². The largest absolute Gasteiger partial charge is 0.508 e. The molecule has 5 heteroatoms. The van der Waals surface area contributed by atoms with Gasteiger partial charge in [-0.15, -0.1) is 0 Å². The molecule has 0 unspecified atom stereocenters. The molecule has 0 aliphatic carbocycles. The number of aromatic hydroxyl groups is 1. The first-order valence-corrected chi connectivity index (χ1v) is 7.05. The highest BCUT2D eigenvalue weighted by molar-refractivity contribution is 6.39. The van der Waals surface area contributed by atoms with E-state index in [4.69, 9.17) is 0 Å². The lowest BCUT2D eigenvalue weighted by molar-refractivity contribution is -0.136. The molecule has 2 aromatic carbocycles. The first-order valence-electron chi connectivity index (χ1n) is 7.05.